The summed E-state index contributed by atoms with van der Waals surface area (Å²) in [6.07, 6.45) is -4.48. The van der Waals surface area contributed by atoms with E-state index < -0.39 is 37.9 Å². The summed E-state index contributed by atoms with van der Waals surface area (Å²) in [6.45, 7) is 0. The van der Waals surface area contributed by atoms with Crippen molar-refractivity contribution in [3.05, 3.63) is 78.4 Å². The molecule has 0 heterocycles. The first kappa shape index (κ1) is 22.0. The van der Waals surface area contributed by atoms with Crippen molar-refractivity contribution >= 4 is 32.7 Å². The number of nitrogens with zero attached hydrogens (tertiary/aromatic N) is 1. The van der Waals surface area contributed by atoms with Gasteiger partial charge in [-0.2, -0.15) is 13.2 Å². The van der Waals surface area contributed by atoms with Crippen molar-refractivity contribution in [2.24, 2.45) is 5.14 Å². The van der Waals surface area contributed by atoms with Crippen LogP contribution in [0.15, 0.2) is 77.7 Å². The molecule has 158 valence electrons. The van der Waals surface area contributed by atoms with Crippen molar-refractivity contribution in [3.63, 3.8) is 0 Å². The van der Waals surface area contributed by atoms with Gasteiger partial charge in [-0.25, -0.2) is 13.6 Å². The Morgan fingerprint density at radius 2 is 1.53 bits per heavy atom. The number of anilines is 2. The summed E-state index contributed by atoms with van der Waals surface area (Å²) < 4.78 is 86.7. The number of sulfonamides is 1. The van der Waals surface area contributed by atoms with E-state index in [1.807, 2.05) is 0 Å². The second-order valence-corrected chi connectivity index (χ2v) is 8.48. The van der Waals surface area contributed by atoms with E-state index in [9.17, 15) is 30.4 Å². The summed E-state index contributed by atoms with van der Waals surface area (Å²) in [4.78, 5) is -0.394. The third-order valence-corrected chi connectivity index (χ3v) is 5.83. The molecule has 0 aliphatic rings. The van der Waals surface area contributed by atoms with Crippen molar-refractivity contribution in [2.45, 2.75) is 11.1 Å². The normalized spacial score (nSPS) is 13.1. The summed E-state index contributed by atoms with van der Waals surface area (Å²) in [5.41, 5.74) is -0.0625. The molecule has 2 N–H and O–H groups in total. The number of halogens is 3. The van der Waals surface area contributed by atoms with Crippen molar-refractivity contribution < 1.29 is 30.4 Å². The molecule has 0 fully saturated rings. The minimum Gasteiger partial charge on any atom is -0.755 e. The number of para-hydroxylation sites is 1. The quantitative estimate of drug-likeness (QED) is 0.588. The predicted molar refractivity (Wildman–Crippen MR) is 106 cm³/mol. The Morgan fingerprint density at radius 1 is 0.900 bits per heavy atom. The van der Waals surface area contributed by atoms with Crippen LogP contribution in [0.1, 0.15) is 5.56 Å². The Bertz CT molecular complexity index is 1200. The van der Waals surface area contributed by atoms with E-state index in [1.165, 1.54) is 54.6 Å². The molecule has 0 radical (unpaired) electrons. The number of nitrogens with two attached hydrogens (primary N) is 1. The van der Waals surface area contributed by atoms with E-state index >= 15 is 0 Å². The third-order valence-electron chi connectivity index (χ3n) is 4.17. The molecule has 6 nitrogen and oxygen atoms in total. The highest BCUT2D eigenvalue weighted by atomic mass is 32.2. The Kier molecular flexibility index (Phi) is 5.99. The van der Waals surface area contributed by atoms with Gasteiger partial charge in [0.25, 0.3) is 0 Å². The average Bonchev–Trinajstić information content (AvgIpc) is 2.67. The molecule has 0 saturated carbocycles. The van der Waals surface area contributed by atoms with E-state index in [4.69, 9.17) is 5.14 Å². The SMILES string of the molecule is NS(=O)(=O)c1ccccc1N(c1cccc(-c2ccc(C(F)(F)F)cc2)c1)S(=O)[O-]. The Hall–Kier alpha value is -2.73. The van der Waals surface area contributed by atoms with Gasteiger partial charge in [0.05, 0.1) is 28.2 Å². The minimum atomic E-state index is -4.48. The largest absolute Gasteiger partial charge is 0.755 e. The van der Waals surface area contributed by atoms with E-state index in [0.29, 0.717) is 11.1 Å². The average molecular weight is 455 g/mol. The summed E-state index contributed by atoms with van der Waals surface area (Å²) in [6, 6.07) is 15.6. The van der Waals surface area contributed by atoms with Crippen molar-refractivity contribution in [2.75, 3.05) is 4.31 Å². The summed E-state index contributed by atoms with van der Waals surface area (Å²) >= 11 is -2.92. The molecule has 30 heavy (non-hydrogen) atoms. The van der Waals surface area contributed by atoms with Crippen LogP contribution in [0.3, 0.4) is 0 Å². The zero-order valence-electron chi connectivity index (χ0n) is 15.0. The van der Waals surface area contributed by atoms with Crippen molar-refractivity contribution in [1.29, 1.82) is 0 Å². The minimum absolute atomic E-state index is 0.0804. The number of rotatable bonds is 5. The van der Waals surface area contributed by atoms with Crippen LogP contribution < -0.4 is 9.44 Å². The lowest BCUT2D eigenvalue weighted by molar-refractivity contribution is -0.137. The molecule has 3 aromatic rings. The molecule has 0 saturated heterocycles. The Labute approximate surface area is 173 Å². The molecule has 0 aliphatic carbocycles. The van der Waals surface area contributed by atoms with Gasteiger partial charge in [-0.1, -0.05) is 36.4 Å². The molecule has 3 aromatic carbocycles. The van der Waals surface area contributed by atoms with Gasteiger partial charge in [0, 0.05) is 0 Å². The molecule has 11 heteroatoms. The maximum atomic E-state index is 12.8. The zero-order valence-corrected chi connectivity index (χ0v) is 16.7. The van der Waals surface area contributed by atoms with Crippen LogP contribution >= 0.6 is 0 Å². The maximum Gasteiger partial charge on any atom is 0.416 e. The number of hydrogen-bond acceptors (Lipinski definition) is 4. The second kappa shape index (κ2) is 8.19. The van der Waals surface area contributed by atoms with Gasteiger partial charge in [0.15, 0.2) is 0 Å². The lowest BCUT2D eigenvalue weighted by atomic mass is 10.0. The highest BCUT2D eigenvalue weighted by molar-refractivity contribution is 7.89. The number of primary sulfonamides is 1. The smallest absolute Gasteiger partial charge is 0.416 e. The predicted octanol–water partition coefficient (Wildman–Crippen LogP) is 3.95. The molecule has 0 aromatic heterocycles. The maximum absolute atomic E-state index is 12.8. The van der Waals surface area contributed by atoms with Gasteiger partial charge < -0.3 is 4.55 Å². The first-order valence-corrected chi connectivity index (χ1v) is 10.9. The number of alkyl halides is 3. The van der Waals surface area contributed by atoms with Crippen LogP contribution in [0.5, 0.6) is 0 Å². The van der Waals surface area contributed by atoms with Gasteiger partial charge in [-0.3, -0.25) is 8.51 Å². The van der Waals surface area contributed by atoms with Crippen molar-refractivity contribution in [1.82, 2.24) is 0 Å². The van der Waals surface area contributed by atoms with Crippen LogP contribution in [0, 0.1) is 0 Å². The Morgan fingerprint density at radius 3 is 2.10 bits per heavy atom. The fourth-order valence-corrected chi connectivity index (χ4v) is 4.22. The molecule has 0 aliphatic heterocycles. The summed E-state index contributed by atoms with van der Waals surface area (Å²) in [7, 11) is -4.22. The van der Waals surface area contributed by atoms with Crippen LogP contribution in [0.2, 0.25) is 0 Å². The topological polar surface area (TPSA) is 104 Å². The molecule has 0 spiro atoms. The van der Waals surface area contributed by atoms with E-state index in [0.717, 1.165) is 16.4 Å². The van der Waals surface area contributed by atoms with E-state index in [1.54, 1.807) is 6.07 Å². The fraction of sp³-hybridized carbons (Fsp3) is 0.0526. The summed E-state index contributed by atoms with van der Waals surface area (Å²) in [5.74, 6) is 0. The molecular formula is C19H14F3N2O4S2-. The zero-order chi connectivity index (χ0) is 22.1. The molecule has 0 bridgehead atoms. The van der Waals surface area contributed by atoms with Crippen LogP contribution in [-0.4, -0.2) is 17.2 Å². The highest BCUT2D eigenvalue weighted by Gasteiger charge is 2.30. The second-order valence-electron chi connectivity index (χ2n) is 6.15. The van der Waals surface area contributed by atoms with Gasteiger partial charge >= 0.3 is 6.18 Å². The lowest BCUT2D eigenvalue weighted by Crippen LogP contribution is -2.23. The van der Waals surface area contributed by atoms with Crippen molar-refractivity contribution in [3.8, 4) is 11.1 Å². The lowest BCUT2D eigenvalue weighted by Gasteiger charge is -2.28. The highest BCUT2D eigenvalue weighted by Crippen LogP contribution is 2.35. The molecule has 0 amide bonds. The third kappa shape index (κ3) is 4.70. The summed E-state index contributed by atoms with van der Waals surface area (Å²) in [5, 5.41) is 5.20. The van der Waals surface area contributed by atoms with Gasteiger partial charge in [0.2, 0.25) is 10.0 Å². The van der Waals surface area contributed by atoms with Crippen LogP contribution in [-0.2, 0) is 27.5 Å². The van der Waals surface area contributed by atoms with Crippen LogP contribution in [0.4, 0.5) is 24.5 Å². The Balaban J connectivity index is 2.09. The first-order chi connectivity index (χ1) is 14.0. The molecule has 1 unspecified atom stereocenters. The first-order valence-electron chi connectivity index (χ1n) is 8.27. The van der Waals surface area contributed by atoms with Gasteiger partial charge in [-0.05, 0) is 47.5 Å². The standard InChI is InChI=1S/C19H15F3N2O4S2/c20-19(21,22)15-10-8-13(9-11-15)14-4-3-5-16(12-14)24(29(25)26)17-6-1-2-7-18(17)30(23,27)28/h1-12H,(H,25,26)(H2,23,27,28)/p-1. The molecule has 1 atom stereocenters. The monoisotopic (exact) mass is 455 g/mol. The van der Waals surface area contributed by atoms with E-state index in [-0.39, 0.29) is 11.4 Å². The number of benzene rings is 3. The molecule has 3 rings (SSSR count). The molecular weight excluding hydrogens is 441 g/mol. The van der Waals surface area contributed by atoms with Gasteiger partial charge in [0.1, 0.15) is 4.90 Å². The number of hydrogen-bond donors (Lipinski definition) is 1. The van der Waals surface area contributed by atoms with Gasteiger partial charge in [-0.15, -0.1) is 0 Å². The fourth-order valence-electron chi connectivity index (χ4n) is 2.83. The van der Waals surface area contributed by atoms with Crippen LogP contribution in [0.25, 0.3) is 11.1 Å². The van der Waals surface area contributed by atoms with E-state index in [2.05, 4.69) is 0 Å².